The molecule has 0 bridgehead atoms. The number of H-pyrrole nitrogens is 1. The van der Waals surface area contributed by atoms with Crippen LogP contribution < -0.4 is 11.1 Å². The molecule has 4 N–H and O–H groups in total. The summed E-state index contributed by atoms with van der Waals surface area (Å²) >= 11 is 0. The van der Waals surface area contributed by atoms with Crippen molar-refractivity contribution in [2.24, 2.45) is 11.1 Å². The molecular formula is C14H27N3. The third-order valence-corrected chi connectivity index (χ3v) is 3.48. The molecule has 0 aliphatic rings. The molecule has 0 aliphatic heterocycles. The summed E-state index contributed by atoms with van der Waals surface area (Å²) in [6.07, 6.45) is 5.17. The Labute approximate surface area is 105 Å². The Morgan fingerprint density at radius 3 is 2.53 bits per heavy atom. The summed E-state index contributed by atoms with van der Waals surface area (Å²) < 4.78 is 0. The molecule has 1 rings (SSSR count). The lowest BCUT2D eigenvalue weighted by molar-refractivity contribution is 0.331. The van der Waals surface area contributed by atoms with Gasteiger partial charge in [0.2, 0.25) is 0 Å². The summed E-state index contributed by atoms with van der Waals surface area (Å²) in [4.78, 5) is 3.12. The lowest BCUT2D eigenvalue weighted by atomic mass is 9.86. The topological polar surface area (TPSA) is 53.8 Å². The number of aromatic nitrogens is 1. The second-order valence-electron chi connectivity index (χ2n) is 6.28. The van der Waals surface area contributed by atoms with Gasteiger partial charge in [0, 0.05) is 24.4 Å². The van der Waals surface area contributed by atoms with Crippen LogP contribution >= 0.6 is 0 Å². The van der Waals surface area contributed by atoms with Crippen molar-refractivity contribution in [1.29, 1.82) is 0 Å². The maximum atomic E-state index is 5.72. The Bertz CT molecular complexity index is 312. The fraction of sp³-hybridized carbons (Fsp3) is 0.714. The third-order valence-electron chi connectivity index (χ3n) is 3.48. The zero-order valence-corrected chi connectivity index (χ0v) is 11.6. The van der Waals surface area contributed by atoms with Gasteiger partial charge in [0.25, 0.3) is 0 Å². The average molecular weight is 237 g/mol. The predicted molar refractivity (Wildman–Crippen MR) is 74.1 cm³/mol. The van der Waals surface area contributed by atoms with Crippen LogP contribution in [0.25, 0.3) is 0 Å². The van der Waals surface area contributed by atoms with Crippen molar-refractivity contribution in [3.05, 3.63) is 24.0 Å². The molecule has 1 aromatic rings. The second kappa shape index (κ2) is 5.69. The maximum absolute atomic E-state index is 5.72. The Balaban J connectivity index is 2.32. The minimum absolute atomic E-state index is 0.173. The minimum atomic E-state index is 0.173. The monoisotopic (exact) mass is 237 g/mol. The molecular weight excluding hydrogens is 210 g/mol. The van der Waals surface area contributed by atoms with E-state index in [4.69, 9.17) is 5.73 Å². The number of nitrogens with two attached hydrogens (primary N) is 1. The van der Waals surface area contributed by atoms with Crippen LogP contribution in [0.3, 0.4) is 0 Å². The van der Waals surface area contributed by atoms with Crippen molar-refractivity contribution in [3.63, 3.8) is 0 Å². The molecule has 0 aliphatic carbocycles. The Kier molecular flexibility index (Phi) is 4.78. The molecule has 1 heterocycles. The van der Waals surface area contributed by atoms with Crippen LogP contribution in [0.5, 0.6) is 0 Å². The highest BCUT2D eigenvalue weighted by Crippen LogP contribution is 2.22. The normalized spacial score (nSPS) is 13.0. The molecule has 0 saturated heterocycles. The van der Waals surface area contributed by atoms with Gasteiger partial charge in [-0.25, -0.2) is 0 Å². The quantitative estimate of drug-likeness (QED) is 0.637. The van der Waals surface area contributed by atoms with Gasteiger partial charge in [-0.15, -0.1) is 0 Å². The fourth-order valence-corrected chi connectivity index (χ4v) is 1.78. The summed E-state index contributed by atoms with van der Waals surface area (Å²) in [7, 11) is 0. The molecule has 98 valence electrons. The van der Waals surface area contributed by atoms with Crippen LogP contribution in [-0.4, -0.2) is 24.6 Å². The Hall–Kier alpha value is -0.800. The molecule has 0 spiro atoms. The van der Waals surface area contributed by atoms with Crippen molar-refractivity contribution >= 4 is 0 Å². The Morgan fingerprint density at radius 1 is 1.29 bits per heavy atom. The van der Waals surface area contributed by atoms with Crippen molar-refractivity contribution in [2.45, 2.75) is 39.5 Å². The van der Waals surface area contributed by atoms with Crippen LogP contribution in [0, 0.1) is 5.41 Å². The summed E-state index contributed by atoms with van der Waals surface area (Å²) in [5, 5.41) is 3.53. The van der Waals surface area contributed by atoms with Gasteiger partial charge in [0.1, 0.15) is 0 Å². The fourth-order valence-electron chi connectivity index (χ4n) is 1.78. The van der Waals surface area contributed by atoms with Crippen LogP contribution in [-0.2, 0) is 5.41 Å². The van der Waals surface area contributed by atoms with E-state index >= 15 is 0 Å². The van der Waals surface area contributed by atoms with Gasteiger partial charge in [-0.3, -0.25) is 0 Å². The second-order valence-corrected chi connectivity index (χ2v) is 6.28. The van der Waals surface area contributed by atoms with E-state index in [1.54, 1.807) is 0 Å². The first-order valence-electron chi connectivity index (χ1n) is 6.41. The van der Waals surface area contributed by atoms with Crippen LogP contribution in [0.1, 0.15) is 39.7 Å². The molecule has 0 radical (unpaired) electrons. The van der Waals surface area contributed by atoms with Gasteiger partial charge in [-0.2, -0.15) is 0 Å². The summed E-state index contributed by atoms with van der Waals surface area (Å²) in [6, 6.07) is 2.14. The first-order valence-corrected chi connectivity index (χ1v) is 6.41. The van der Waals surface area contributed by atoms with Gasteiger partial charge in [0.05, 0.1) is 0 Å². The number of aromatic amines is 1. The average Bonchev–Trinajstić information content (AvgIpc) is 2.78. The molecule has 0 unspecified atom stereocenters. The molecule has 0 saturated carbocycles. The van der Waals surface area contributed by atoms with Gasteiger partial charge < -0.3 is 16.0 Å². The molecule has 3 heteroatoms. The molecule has 0 amide bonds. The van der Waals surface area contributed by atoms with Gasteiger partial charge in [-0.05, 0) is 36.6 Å². The van der Waals surface area contributed by atoms with Crippen molar-refractivity contribution in [1.82, 2.24) is 10.3 Å². The van der Waals surface area contributed by atoms with E-state index in [0.717, 1.165) is 26.1 Å². The highest BCUT2D eigenvalue weighted by atomic mass is 14.9. The van der Waals surface area contributed by atoms with Crippen LogP contribution in [0.2, 0.25) is 0 Å². The molecule has 1 aromatic heterocycles. The third kappa shape index (κ3) is 4.52. The van der Waals surface area contributed by atoms with Crippen molar-refractivity contribution in [3.8, 4) is 0 Å². The first-order chi connectivity index (χ1) is 7.87. The lowest BCUT2D eigenvalue weighted by Gasteiger charge is -2.26. The van der Waals surface area contributed by atoms with Gasteiger partial charge in [0.15, 0.2) is 0 Å². The summed E-state index contributed by atoms with van der Waals surface area (Å²) in [6.45, 7) is 11.7. The van der Waals surface area contributed by atoms with E-state index in [0.29, 0.717) is 0 Å². The van der Waals surface area contributed by atoms with Crippen molar-refractivity contribution < 1.29 is 0 Å². The van der Waals surface area contributed by atoms with Gasteiger partial charge >= 0.3 is 0 Å². The SMILES string of the molecule is CC(C)(CN)CCNCC(C)(C)c1cc[nH]c1. The number of hydrogen-bond acceptors (Lipinski definition) is 2. The van der Waals surface area contributed by atoms with Crippen LogP contribution in [0.4, 0.5) is 0 Å². The molecule has 17 heavy (non-hydrogen) atoms. The highest BCUT2D eigenvalue weighted by molar-refractivity contribution is 5.20. The van der Waals surface area contributed by atoms with Crippen molar-refractivity contribution in [2.75, 3.05) is 19.6 Å². The maximum Gasteiger partial charge on any atom is 0.00437 e. The lowest BCUT2D eigenvalue weighted by Crippen LogP contribution is -2.35. The molecule has 0 fully saturated rings. The number of rotatable bonds is 7. The summed E-state index contributed by atoms with van der Waals surface area (Å²) in [5.74, 6) is 0. The minimum Gasteiger partial charge on any atom is -0.367 e. The molecule has 0 atom stereocenters. The first kappa shape index (κ1) is 14.3. The van der Waals surface area contributed by atoms with E-state index in [1.165, 1.54) is 5.56 Å². The molecule has 3 nitrogen and oxygen atoms in total. The smallest absolute Gasteiger partial charge is 0.00437 e. The zero-order valence-electron chi connectivity index (χ0n) is 11.6. The van der Waals surface area contributed by atoms with E-state index < -0.39 is 0 Å². The largest absolute Gasteiger partial charge is 0.367 e. The zero-order chi connectivity index (χ0) is 12.9. The van der Waals surface area contributed by atoms with Crippen LogP contribution in [0.15, 0.2) is 18.5 Å². The van der Waals surface area contributed by atoms with E-state index in [2.05, 4.69) is 50.3 Å². The van der Waals surface area contributed by atoms with E-state index in [9.17, 15) is 0 Å². The predicted octanol–water partition coefficient (Wildman–Crippen LogP) is 2.26. The highest BCUT2D eigenvalue weighted by Gasteiger charge is 2.21. The summed E-state index contributed by atoms with van der Waals surface area (Å²) in [5.41, 5.74) is 7.48. The van der Waals surface area contributed by atoms with Gasteiger partial charge in [-0.1, -0.05) is 27.7 Å². The number of hydrogen-bond donors (Lipinski definition) is 3. The standard InChI is InChI=1S/C14H27N3/c1-13(2,10-15)6-8-17-11-14(3,4)12-5-7-16-9-12/h5,7,9,16-17H,6,8,10-11,15H2,1-4H3. The Morgan fingerprint density at radius 2 is 2.00 bits per heavy atom. The number of nitrogens with one attached hydrogen (secondary N) is 2. The molecule has 0 aromatic carbocycles. The van der Waals surface area contributed by atoms with E-state index in [1.807, 2.05) is 6.20 Å². The van der Waals surface area contributed by atoms with E-state index in [-0.39, 0.29) is 10.8 Å².